The minimum Gasteiger partial charge on any atom is -0.497 e. The molecule has 3 rings (SSSR count). The van der Waals surface area contributed by atoms with E-state index in [4.69, 9.17) is 14.2 Å². The van der Waals surface area contributed by atoms with Gasteiger partial charge in [0.05, 0.1) is 7.11 Å². The molecule has 1 aliphatic rings. The number of fused-ring (bicyclic) bond motifs is 1. The molecule has 1 N–H and O–H groups in total. The number of carbonyl (C=O) groups excluding carboxylic acids is 2. The van der Waals surface area contributed by atoms with Crippen molar-refractivity contribution in [3.8, 4) is 11.5 Å². The Kier molecular flexibility index (Phi) is 6.53. The van der Waals surface area contributed by atoms with Crippen molar-refractivity contribution < 1.29 is 23.8 Å². The maximum absolute atomic E-state index is 12.1. The third-order valence-corrected chi connectivity index (χ3v) is 4.73. The molecule has 0 bridgehead atoms. The van der Waals surface area contributed by atoms with Crippen LogP contribution >= 0.6 is 0 Å². The van der Waals surface area contributed by atoms with Gasteiger partial charge in [0.1, 0.15) is 11.5 Å². The van der Waals surface area contributed by atoms with Crippen molar-refractivity contribution in [2.45, 2.75) is 38.8 Å². The summed E-state index contributed by atoms with van der Waals surface area (Å²) in [6.07, 6.45) is 2.40. The normalized spacial score (nSPS) is 13.4. The second-order valence-electron chi connectivity index (χ2n) is 6.77. The molecule has 1 aliphatic carbocycles. The molecule has 2 aromatic rings. The van der Waals surface area contributed by atoms with Crippen molar-refractivity contribution in [3.05, 3.63) is 59.2 Å². The van der Waals surface area contributed by atoms with Crippen LogP contribution < -0.4 is 14.8 Å². The van der Waals surface area contributed by atoms with Crippen molar-refractivity contribution in [3.63, 3.8) is 0 Å². The highest BCUT2D eigenvalue weighted by Gasteiger charge is 2.18. The SMILES string of the molecule is COc1ccc(CNC(=O)[C@@H](C)OC(=O)COc2ccc3c(c2)CCC3)cc1. The van der Waals surface area contributed by atoms with E-state index in [1.165, 1.54) is 18.1 Å². The maximum atomic E-state index is 12.1. The Morgan fingerprint density at radius 2 is 1.75 bits per heavy atom. The van der Waals surface area contributed by atoms with Crippen LogP contribution in [0.25, 0.3) is 0 Å². The smallest absolute Gasteiger partial charge is 0.344 e. The van der Waals surface area contributed by atoms with Gasteiger partial charge >= 0.3 is 5.97 Å². The number of carbonyl (C=O) groups is 2. The zero-order valence-electron chi connectivity index (χ0n) is 16.2. The first kappa shape index (κ1) is 19.7. The highest BCUT2D eigenvalue weighted by molar-refractivity contribution is 5.83. The highest BCUT2D eigenvalue weighted by atomic mass is 16.6. The maximum Gasteiger partial charge on any atom is 0.344 e. The van der Waals surface area contributed by atoms with Gasteiger partial charge < -0.3 is 19.5 Å². The lowest BCUT2D eigenvalue weighted by Gasteiger charge is -2.14. The summed E-state index contributed by atoms with van der Waals surface area (Å²) in [5, 5.41) is 2.75. The highest BCUT2D eigenvalue weighted by Crippen LogP contribution is 2.26. The predicted molar refractivity (Wildman–Crippen MR) is 104 cm³/mol. The van der Waals surface area contributed by atoms with E-state index in [2.05, 4.69) is 5.32 Å². The predicted octanol–water partition coefficient (Wildman–Crippen LogP) is 2.81. The largest absolute Gasteiger partial charge is 0.497 e. The zero-order valence-corrected chi connectivity index (χ0v) is 16.2. The van der Waals surface area contributed by atoms with Crippen molar-refractivity contribution in [2.24, 2.45) is 0 Å². The van der Waals surface area contributed by atoms with Gasteiger partial charge in [-0.3, -0.25) is 4.79 Å². The lowest BCUT2D eigenvalue weighted by molar-refractivity contribution is -0.156. The first-order valence-corrected chi connectivity index (χ1v) is 9.40. The van der Waals surface area contributed by atoms with Gasteiger partial charge in [0.2, 0.25) is 0 Å². The Morgan fingerprint density at radius 3 is 2.50 bits per heavy atom. The van der Waals surface area contributed by atoms with Crippen molar-refractivity contribution in [1.29, 1.82) is 0 Å². The Balaban J connectivity index is 1.40. The number of nitrogens with one attached hydrogen (secondary N) is 1. The first-order valence-electron chi connectivity index (χ1n) is 9.40. The summed E-state index contributed by atoms with van der Waals surface area (Å²) in [7, 11) is 1.60. The molecule has 0 fully saturated rings. The average Bonchev–Trinajstić information content (AvgIpc) is 3.18. The van der Waals surface area contributed by atoms with Gasteiger partial charge in [0.15, 0.2) is 12.7 Å². The molecular weight excluding hydrogens is 358 g/mol. The molecule has 6 heteroatoms. The molecule has 0 saturated heterocycles. The van der Waals surface area contributed by atoms with Crippen LogP contribution in [-0.4, -0.2) is 31.7 Å². The van der Waals surface area contributed by atoms with E-state index in [0.717, 1.165) is 30.6 Å². The van der Waals surface area contributed by atoms with Crippen LogP contribution in [0.15, 0.2) is 42.5 Å². The fourth-order valence-electron chi connectivity index (χ4n) is 3.14. The van der Waals surface area contributed by atoms with Crippen molar-refractivity contribution in [2.75, 3.05) is 13.7 Å². The third kappa shape index (κ3) is 5.25. The Bertz CT molecular complexity index is 831. The van der Waals surface area contributed by atoms with Crippen LogP contribution in [0.1, 0.15) is 30.0 Å². The number of methoxy groups -OCH3 is 1. The Labute approximate surface area is 164 Å². The quantitative estimate of drug-likeness (QED) is 0.710. The summed E-state index contributed by atoms with van der Waals surface area (Å²) in [5.74, 6) is 0.462. The van der Waals surface area contributed by atoms with E-state index in [1.54, 1.807) is 7.11 Å². The molecule has 0 spiro atoms. The standard InChI is InChI=1S/C22H25NO5/c1-15(22(25)23-13-16-6-9-19(26-2)10-7-16)28-21(24)14-27-20-11-8-17-4-3-5-18(17)12-20/h6-12,15H,3-5,13-14H2,1-2H3,(H,23,25)/t15-/m1/s1. The van der Waals surface area contributed by atoms with Crippen LogP contribution in [0.3, 0.4) is 0 Å². The van der Waals surface area contributed by atoms with E-state index in [9.17, 15) is 9.59 Å². The minimum atomic E-state index is -0.894. The van der Waals surface area contributed by atoms with Crippen molar-refractivity contribution >= 4 is 11.9 Å². The van der Waals surface area contributed by atoms with E-state index in [-0.39, 0.29) is 12.5 Å². The molecule has 0 radical (unpaired) electrons. The fraction of sp³-hybridized carbons (Fsp3) is 0.364. The van der Waals surface area contributed by atoms with Crippen LogP contribution in [0.5, 0.6) is 11.5 Å². The monoisotopic (exact) mass is 383 g/mol. The average molecular weight is 383 g/mol. The molecule has 0 unspecified atom stereocenters. The lowest BCUT2D eigenvalue weighted by Crippen LogP contribution is -2.36. The fourth-order valence-corrected chi connectivity index (χ4v) is 3.14. The minimum absolute atomic E-state index is 0.227. The summed E-state index contributed by atoms with van der Waals surface area (Å²) < 4.78 is 15.8. The summed E-state index contributed by atoms with van der Waals surface area (Å²) in [5.41, 5.74) is 3.54. The van der Waals surface area contributed by atoms with Gasteiger partial charge in [-0.1, -0.05) is 18.2 Å². The Hall–Kier alpha value is -3.02. The molecule has 0 aromatic heterocycles. The number of ether oxygens (including phenoxy) is 3. The molecule has 0 saturated carbocycles. The molecule has 0 aliphatic heterocycles. The molecular formula is C22H25NO5. The van der Waals surface area contributed by atoms with E-state index < -0.39 is 12.1 Å². The van der Waals surface area contributed by atoms with Gasteiger partial charge in [-0.25, -0.2) is 4.79 Å². The zero-order chi connectivity index (χ0) is 19.9. The molecule has 6 nitrogen and oxygen atoms in total. The van der Waals surface area contributed by atoms with Gasteiger partial charge in [-0.15, -0.1) is 0 Å². The van der Waals surface area contributed by atoms with E-state index in [0.29, 0.717) is 12.3 Å². The number of benzene rings is 2. The lowest BCUT2D eigenvalue weighted by atomic mass is 10.1. The Morgan fingerprint density at radius 1 is 1.04 bits per heavy atom. The summed E-state index contributed by atoms with van der Waals surface area (Å²) in [6, 6.07) is 13.2. The van der Waals surface area contributed by atoms with E-state index >= 15 is 0 Å². The third-order valence-electron chi connectivity index (χ3n) is 4.73. The molecule has 1 atom stereocenters. The van der Waals surface area contributed by atoms with Crippen LogP contribution in [0.4, 0.5) is 0 Å². The summed E-state index contributed by atoms with van der Waals surface area (Å²) in [6.45, 7) is 1.65. The number of rotatable bonds is 8. The second-order valence-corrected chi connectivity index (χ2v) is 6.77. The van der Waals surface area contributed by atoms with Crippen LogP contribution in [0, 0.1) is 0 Å². The number of hydrogen-bond acceptors (Lipinski definition) is 5. The molecule has 148 valence electrons. The first-order chi connectivity index (χ1) is 13.5. The van der Waals surface area contributed by atoms with Gasteiger partial charge in [0.25, 0.3) is 5.91 Å². The van der Waals surface area contributed by atoms with Gasteiger partial charge in [-0.05, 0) is 67.1 Å². The molecule has 2 aromatic carbocycles. The number of aryl methyl sites for hydroxylation is 2. The van der Waals surface area contributed by atoms with Crippen LogP contribution in [0.2, 0.25) is 0 Å². The molecule has 1 amide bonds. The topological polar surface area (TPSA) is 73.9 Å². The van der Waals surface area contributed by atoms with Crippen molar-refractivity contribution in [1.82, 2.24) is 5.32 Å². The second kappa shape index (κ2) is 9.26. The molecule has 28 heavy (non-hydrogen) atoms. The van der Waals surface area contributed by atoms with Crippen LogP contribution in [-0.2, 0) is 33.7 Å². The molecule has 0 heterocycles. The number of amides is 1. The number of esters is 1. The summed E-state index contributed by atoms with van der Waals surface area (Å²) in [4.78, 5) is 24.1. The number of hydrogen-bond donors (Lipinski definition) is 1. The van der Waals surface area contributed by atoms with Gasteiger partial charge in [-0.2, -0.15) is 0 Å². The summed E-state index contributed by atoms with van der Waals surface area (Å²) >= 11 is 0. The van der Waals surface area contributed by atoms with E-state index in [1.807, 2.05) is 42.5 Å². The van der Waals surface area contributed by atoms with Gasteiger partial charge in [0, 0.05) is 6.54 Å².